The molecular weight excluding hydrogens is 205 g/mol. The predicted molar refractivity (Wildman–Crippen MR) is 43.1 cm³/mol. The number of rotatable bonds is 0. The van der Waals surface area contributed by atoms with Crippen LogP contribution in [0.25, 0.3) is 5.52 Å². The Morgan fingerprint density at radius 3 is 3.09 bits per heavy atom. The third-order valence-electron chi connectivity index (χ3n) is 1.59. The van der Waals surface area contributed by atoms with Crippen molar-refractivity contribution < 1.29 is 0 Å². The predicted octanol–water partition coefficient (Wildman–Crippen LogP) is -0.168. The van der Waals surface area contributed by atoms with Crippen LogP contribution in [0.5, 0.6) is 0 Å². The Hall–Kier alpha value is -0.861. The molecule has 4 heteroatoms. The second-order valence-electron chi connectivity index (χ2n) is 2.30. The van der Waals surface area contributed by atoms with Gasteiger partial charge in [0.25, 0.3) is 0 Å². The van der Waals surface area contributed by atoms with E-state index in [4.69, 9.17) is 0 Å². The minimum atomic E-state index is 0.913. The maximum atomic E-state index is 4.26. The van der Waals surface area contributed by atoms with Crippen molar-refractivity contribution in [3.05, 3.63) is 24.4 Å². The Bertz CT molecular complexity index is 357. The zero-order chi connectivity index (χ0) is 7.84. The fourth-order valence-corrected chi connectivity index (χ4v) is 1.65. The summed E-state index contributed by atoms with van der Waals surface area (Å²) >= 11 is 2.89. The molecule has 0 unspecified atom stereocenters. The van der Waals surface area contributed by atoms with Crippen molar-refractivity contribution in [2.24, 2.45) is 0 Å². The van der Waals surface area contributed by atoms with Gasteiger partial charge in [0.05, 0.1) is 0 Å². The summed E-state index contributed by atoms with van der Waals surface area (Å²) in [5.41, 5.74) is 1.03. The molecule has 2 heterocycles. The Morgan fingerprint density at radius 2 is 2.36 bits per heavy atom. The molecule has 2 aromatic rings. The number of imidazole rings is 1. The van der Waals surface area contributed by atoms with Crippen LogP contribution in [0, 0.1) is 6.92 Å². The van der Waals surface area contributed by atoms with Gasteiger partial charge in [-0.1, -0.05) is 0 Å². The Morgan fingerprint density at radius 1 is 1.55 bits per heavy atom. The van der Waals surface area contributed by atoms with Crippen molar-refractivity contribution >= 4 is 26.1 Å². The van der Waals surface area contributed by atoms with Crippen molar-refractivity contribution in [3.8, 4) is 0 Å². The first-order chi connectivity index (χ1) is 5.29. The van der Waals surface area contributed by atoms with Gasteiger partial charge < -0.3 is 0 Å². The van der Waals surface area contributed by atoms with Crippen LogP contribution in [0.15, 0.2) is 18.6 Å². The first-order valence-electron chi connectivity index (χ1n) is 3.25. The van der Waals surface area contributed by atoms with Gasteiger partial charge in [0, 0.05) is 0 Å². The Balaban J connectivity index is 2.95. The molecule has 0 bridgehead atoms. The first kappa shape index (κ1) is 6.83. The van der Waals surface area contributed by atoms with Crippen LogP contribution in [-0.2, 0) is 0 Å². The molecule has 11 heavy (non-hydrogen) atoms. The van der Waals surface area contributed by atoms with Gasteiger partial charge in [0.15, 0.2) is 0 Å². The molecule has 1 radical (unpaired) electrons. The van der Waals surface area contributed by atoms with E-state index in [0.29, 0.717) is 0 Å². The molecule has 3 nitrogen and oxygen atoms in total. The summed E-state index contributed by atoms with van der Waals surface area (Å²) in [7, 11) is 0. The van der Waals surface area contributed by atoms with Gasteiger partial charge in [0.1, 0.15) is 0 Å². The van der Waals surface area contributed by atoms with E-state index >= 15 is 0 Å². The summed E-state index contributed by atoms with van der Waals surface area (Å²) in [4.78, 5) is 8.26. The summed E-state index contributed by atoms with van der Waals surface area (Å²) in [6.45, 7) is 1.97. The molecule has 0 fully saturated rings. The van der Waals surface area contributed by atoms with E-state index in [1.165, 1.54) is 0 Å². The average Bonchev–Trinajstić information content (AvgIpc) is 2.30. The zero-order valence-corrected chi connectivity index (χ0v) is 7.70. The van der Waals surface area contributed by atoms with Crippen LogP contribution in [0.4, 0.5) is 0 Å². The molecule has 55 valence electrons. The fraction of sp³-hybridized carbons (Fsp3) is 0.143. The first-order valence-corrected chi connectivity index (χ1v) is 4.10. The molecule has 0 aliphatic heterocycles. The minimum absolute atomic E-state index is 0.913. The van der Waals surface area contributed by atoms with E-state index in [1.807, 2.05) is 17.5 Å². The van der Waals surface area contributed by atoms with Gasteiger partial charge in [-0.2, -0.15) is 0 Å². The van der Waals surface area contributed by atoms with Crippen molar-refractivity contribution in [2.45, 2.75) is 6.92 Å². The molecular formula is C7H6N3Se. The standard InChI is InChI=1S/C7H6N3Se/c1-5-9-7(11)6-4-8-2-3-10(5)6/h2-4H,1H3. The summed E-state index contributed by atoms with van der Waals surface area (Å²) in [5, 5.41) is 0. The summed E-state index contributed by atoms with van der Waals surface area (Å²) in [5.74, 6) is 0.983. The van der Waals surface area contributed by atoms with Crippen molar-refractivity contribution in [3.63, 3.8) is 0 Å². The number of nitrogens with zero attached hydrogens (tertiary/aromatic N) is 3. The van der Waals surface area contributed by atoms with E-state index in [-0.39, 0.29) is 0 Å². The average molecular weight is 211 g/mol. The zero-order valence-electron chi connectivity index (χ0n) is 5.98. The number of hydrogen-bond donors (Lipinski definition) is 0. The molecule has 0 amide bonds. The molecule has 0 atom stereocenters. The van der Waals surface area contributed by atoms with Crippen LogP contribution in [0.1, 0.15) is 5.82 Å². The van der Waals surface area contributed by atoms with E-state index in [1.54, 1.807) is 12.4 Å². The van der Waals surface area contributed by atoms with E-state index in [9.17, 15) is 0 Å². The van der Waals surface area contributed by atoms with Gasteiger partial charge in [-0.3, -0.25) is 0 Å². The van der Waals surface area contributed by atoms with Crippen LogP contribution < -0.4 is 4.59 Å². The van der Waals surface area contributed by atoms with Gasteiger partial charge in [-0.25, -0.2) is 0 Å². The Labute approximate surface area is 72.3 Å². The third kappa shape index (κ3) is 0.950. The van der Waals surface area contributed by atoms with Crippen molar-refractivity contribution in [1.29, 1.82) is 0 Å². The number of aromatic nitrogens is 3. The SMILES string of the molecule is Cc1nc([Se])c2cnccn12. The van der Waals surface area contributed by atoms with E-state index < -0.39 is 0 Å². The molecule has 0 aliphatic carbocycles. The van der Waals surface area contributed by atoms with Gasteiger partial charge in [0.2, 0.25) is 0 Å². The maximum absolute atomic E-state index is 4.26. The normalized spacial score (nSPS) is 10.6. The van der Waals surface area contributed by atoms with E-state index in [0.717, 1.165) is 15.9 Å². The summed E-state index contributed by atoms with van der Waals surface area (Å²) in [6.07, 6.45) is 5.45. The molecule has 0 aliphatic rings. The van der Waals surface area contributed by atoms with E-state index in [2.05, 4.69) is 26.0 Å². The van der Waals surface area contributed by atoms with Crippen LogP contribution >= 0.6 is 0 Å². The second-order valence-corrected chi connectivity index (χ2v) is 3.11. The number of hydrogen-bond acceptors (Lipinski definition) is 2. The number of aryl methyl sites for hydroxylation is 1. The molecule has 0 saturated carbocycles. The van der Waals surface area contributed by atoms with Gasteiger partial charge in [-0.05, 0) is 0 Å². The van der Waals surface area contributed by atoms with Crippen LogP contribution in [-0.4, -0.2) is 30.4 Å². The fourth-order valence-electron chi connectivity index (χ4n) is 1.06. The second kappa shape index (κ2) is 2.32. The molecule has 2 rings (SSSR count). The van der Waals surface area contributed by atoms with Crippen molar-refractivity contribution in [2.75, 3.05) is 0 Å². The molecule has 0 aromatic carbocycles. The monoisotopic (exact) mass is 212 g/mol. The van der Waals surface area contributed by atoms with Crippen LogP contribution in [0.3, 0.4) is 0 Å². The molecule has 0 saturated heterocycles. The van der Waals surface area contributed by atoms with Gasteiger partial charge in [-0.15, -0.1) is 0 Å². The van der Waals surface area contributed by atoms with Gasteiger partial charge >= 0.3 is 71.8 Å². The third-order valence-corrected chi connectivity index (χ3v) is 2.22. The molecule has 2 aromatic heterocycles. The molecule has 0 spiro atoms. The Kier molecular flexibility index (Phi) is 1.44. The topological polar surface area (TPSA) is 30.2 Å². The molecule has 0 N–H and O–H groups in total. The van der Waals surface area contributed by atoms with Crippen LogP contribution in [0.2, 0.25) is 0 Å². The summed E-state index contributed by atoms with van der Waals surface area (Å²) in [6, 6.07) is 0. The number of fused-ring (bicyclic) bond motifs is 1. The summed E-state index contributed by atoms with van der Waals surface area (Å²) < 4.78 is 2.91. The quantitative estimate of drug-likeness (QED) is 0.566. The van der Waals surface area contributed by atoms with Crippen molar-refractivity contribution in [1.82, 2.24) is 14.4 Å².